The first-order chi connectivity index (χ1) is 9.97. The molecule has 0 aliphatic rings. The van der Waals surface area contributed by atoms with Crippen LogP contribution < -0.4 is 5.32 Å². The SMILES string of the molecule is CN(C)C(=O)c1ccc(Cl)cc1NCc1ccc(Br)cc1. The van der Waals surface area contributed by atoms with Crippen LogP contribution >= 0.6 is 27.5 Å². The molecule has 0 aliphatic carbocycles. The summed E-state index contributed by atoms with van der Waals surface area (Å²) in [4.78, 5) is 13.7. The monoisotopic (exact) mass is 366 g/mol. The average Bonchev–Trinajstić information content (AvgIpc) is 2.46. The van der Waals surface area contributed by atoms with E-state index >= 15 is 0 Å². The van der Waals surface area contributed by atoms with Crippen molar-refractivity contribution in [1.29, 1.82) is 0 Å². The number of hydrogen-bond donors (Lipinski definition) is 1. The van der Waals surface area contributed by atoms with E-state index in [0.717, 1.165) is 15.7 Å². The van der Waals surface area contributed by atoms with Gasteiger partial charge in [-0.15, -0.1) is 0 Å². The summed E-state index contributed by atoms with van der Waals surface area (Å²) in [5, 5.41) is 3.88. The summed E-state index contributed by atoms with van der Waals surface area (Å²) in [6, 6.07) is 13.3. The smallest absolute Gasteiger partial charge is 0.255 e. The summed E-state index contributed by atoms with van der Waals surface area (Å²) >= 11 is 9.44. The fraction of sp³-hybridized carbons (Fsp3) is 0.188. The molecule has 21 heavy (non-hydrogen) atoms. The molecular weight excluding hydrogens is 352 g/mol. The molecule has 1 N–H and O–H groups in total. The van der Waals surface area contributed by atoms with Gasteiger partial charge in [0.15, 0.2) is 0 Å². The Labute approximate surface area is 138 Å². The molecule has 0 unspecified atom stereocenters. The van der Waals surface area contributed by atoms with Crippen molar-refractivity contribution in [3.63, 3.8) is 0 Å². The highest BCUT2D eigenvalue weighted by Gasteiger charge is 2.13. The van der Waals surface area contributed by atoms with Gasteiger partial charge >= 0.3 is 0 Å². The van der Waals surface area contributed by atoms with Crippen molar-refractivity contribution in [2.75, 3.05) is 19.4 Å². The summed E-state index contributed by atoms with van der Waals surface area (Å²) in [6.45, 7) is 0.626. The molecule has 0 heterocycles. The van der Waals surface area contributed by atoms with E-state index in [0.29, 0.717) is 17.1 Å². The number of carbonyl (C=O) groups is 1. The maximum Gasteiger partial charge on any atom is 0.255 e. The molecule has 2 aromatic carbocycles. The molecule has 0 saturated heterocycles. The molecule has 5 heteroatoms. The summed E-state index contributed by atoms with van der Waals surface area (Å²) in [7, 11) is 3.46. The van der Waals surface area contributed by atoms with Crippen LogP contribution in [0.15, 0.2) is 46.9 Å². The predicted octanol–water partition coefficient (Wildman–Crippen LogP) is 4.42. The number of halogens is 2. The van der Waals surface area contributed by atoms with Gasteiger partial charge in [-0.05, 0) is 35.9 Å². The first-order valence-electron chi connectivity index (χ1n) is 6.47. The zero-order valence-corrected chi connectivity index (χ0v) is 14.2. The third kappa shape index (κ3) is 4.22. The fourth-order valence-electron chi connectivity index (χ4n) is 1.89. The minimum Gasteiger partial charge on any atom is -0.380 e. The number of hydrogen-bond acceptors (Lipinski definition) is 2. The van der Waals surface area contributed by atoms with Gasteiger partial charge < -0.3 is 10.2 Å². The van der Waals surface area contributed by atoms with Gasteiger partial charge in [0.25, 0.3) is 5.91 Å². The lowest BCUT2D eigenvalue weighted by Gasteiger charge is -2.16. The van der Waals surface area contributed by atoms with Crippen LogP contribution in [0, 0.1) is 0 Å². The highest BCUT2D eigenvalue weighted by molar-refractivity contribution is 9.10. The molecule has 2 aromatic rings. The van der Waals surface area contributed by atoms with Gasteiger partial charge in [-0.25, -0.2) is 0 Å². The van der Waals surface area contributed by atoms with Crippen molar-refractivity contribution in [2.24, 2.45) is 0 Å². The second-order valence-electron chi connectivity index (χ2n) is 4.87. The third-order valence-electron chi connectivity index (χ3n) is 3.01. The van der Waals surface area contributed by atoms with Crippen LogP contribution in [0.2, 0.25) is 5.02 Å². The van der Waals surface area contributed by atoms with E-state index in [9.17, 15) is 4.79 Å². The summed E-state index contributed by atoms with van der Waals surface area (Å²) in [5.74, 6) is -0.0510. The van der Waals surface area contributed by atoms with Crippen LogP contribution in [-0.4, -0.2) is 24.9 Å². The van der Waals surface area contributed by atoms with Crippen molar-refractivity contribution >= 4 is 39.1 Å². The van der Waals surface area contributed by atoms with E-state index in [4.69, 9.17) is 11.6 Å². The Balaban J connectivity index is 2.20. The second kappa shape index (κ2) is 6.96. The van der Waals surface area contributed by atoms with Gasteiger partial charge in [-0.1, -0.05) is 39.7 Å². The topological polar surface area (TPSA) is 32.3 Å². The minimum absolute atomic E-state index is 0.0510. The zero-order chi connectivity index (χ0) is 15.4. The van der Waals surface area contributed by atoms with Crippen LogP contribution in [0.1, 0.15) is 15.9 Å². The normalized spacial score (nSPS) is 10.3. The molecule has 0 radical (unpaired) electrons. The minimum atomic E-state index is -0.0510. The van der Waals surface area contributed by atoms with E-state index in [1.807, 2.05) is 24.3 Å². The average molecular weight is 368 g/mol. The first kappa shape index (κ1) is 15.9. The third-order valence-corrected chi connectivity index (χ3v) is 3.78. The quantitative estimate of drug-likeness (QED) is 0.868. The molecule has 0 atom stereocenters. The van der Waals surface area contributed by atoms with Crippen LogP contribution in [0.4, 0.5) is 5.69 Å². The van der Waals surface area contributed by atoms with Crippen LogP contribution in [0.5, 0.6) is 0 Å². The van der Waals surface area contributed by atoms with E-state index in [-0.39, 0.29) is 5.91 Å². The number of nitrogens with one attached hydrogen (secondary N) is 1. The number of carbonyl (C=O) groups excluding carboxylic acids is 1. The Hall–Kier alpha value is -1.52. The van der Waals surface area contributed by atoms with E-state index in [1.54, 1.807) is 37.2 Å². The van der Waals surface area contributed by atoms with Crippen LogP contribution in [0.25, 0.3) is 0 Å². The molecule has 0 bridgehead atoms. The highest BCUT2D eigenvalue weighted by atomic mass is 79.9. The summed E-state index contributed by atoms with van der Waals surface area (Å²) in [6.07, 6.45) is 0. The molecule has 0 fully saturated rings. The zero-order valence-electron chi connectivity index (χ0n) is 11.9. The summed E-state index contributed by atoms with van der Waals surface area (Å²) < 4.78 is 1.04. The van der Waals surface area contributed by atoms with Gasteiger partial charge in [0.2, 0.25) is 0 Å². The molecular formula is C16H16BrClN2O. The maximum atomic E-state index is 12.2. The van der Waals surface area contributed by atoms with Gasteiger partial charge in [0.1, 0.15) is 0 Å². The lowest BCUT2D eigenvalue weighted by molar-refractivity contribution is 0.0828. The molecule has 110 valence electrons. The number of benzene rings is 2. The number of nitrogens with zero attached hydrogens (tertiary/aromatic N) is 1. The van der Waals surface area contributed by atoms with Crippen molar-refractivity contribution < 1.29 is 4.79 Å². The van der Waals surface area contributed by atoms with Gasteiger partial charge in [-0.2, -0.15) is 0 Å². The molecule has 1 amide bonds. The Bertz CT molecular complexity index is 641. The van der Waals surface area contributed by atoms with Crippen LogP contribution in [0.3, 0.4) is 0 Å². The van der Waals surface area contributed by atoms with Gasteiger partial charge in [0, 0.05) is 35.8 Å². The first-order valence-corrected chi connectivity index (χ1v) is 7.64. The lowest BCUT2D eigenvalue weighted by atomic mass is 10.1. The number of anilines is 1. The second-order valence-corrected chi connectivity index (χ2v) is 6.22. The largest absolute Gasteiger partial charge is 0.380 e. The van der Waals surface area contributed by atoms with E-state index in [1.165, 1.54) is 0 Å². The molecule has 0 saturated carbocycles. The van der Waals surface area contributed by atoms with Crippen molar-refractivity contribution in [3.8, 4) is 0 Å². The maximum absolute atomic E-state index is 12.2. The number of amides is 1. The Morgan fingerprint density at radius 2 is 1.86 bits per heavy atom. The van der Waals surface area contributed by atoms with E-state index in [2.05, 4.69) is 21.2 Å². The van der Waals surface area contributed by atoms with E-state index < -0.39 is 0 Å². The predicted molar refractivity (Wildman–Crippen MR) is 90.9 cm³/mol. The van der Waals surface area contributed by atoms with Crippen molar-refractivity contribution in [2.45, 2.75) is 6.54 Å². The standard InChI is InChI=1S/C16H16BrClN2O/c1-20(2)16(21)14-8-7-13(18)9-15(14)19-10-11-3-5-12(17)6-4-11/h3-9,19H,10H2,1-2H3. The molecule has 2 rings (SSSR count). The molecule has 0 spiro atoms. The number of rotatable bonds is 4. The van der Waals surface area contributed by atoms with Crippen molar-refractivity contribution in [3.05, 3.63) is 63.1 Å². The molecule has 3 nitrogen and oxygen atoms in total. The Morgan fingerprint density at radius 1 is 1.19 bits per heavy atom. The van der Waals surface area contributed by atoms with Crippen molar-refractivity contribution in [1.82, 2.24) is 4.90 Å². The molecule has 0 aromatic heterocycles. The Morgan fingerprint density at radius 3 is 2.48 bits per heavy atom. The van der Waals surface area contributed by atoms with Gasteiger partial charge in [0.05, 0.1) is 5.56 Å². The summed E-state index contributed by atoms with van der Waals surface area (Å²) in [5.41, 5.74) is 2.48. The fourth-order valence-corrected chi connectivity index (χ4v) is 2.33. The molecule has 0 aliphatic heterocycles. The highest BCUT2D eigenvalue weighted by Crippen LogP contribution is 2.23. The Kier molecular flexibility index (Phi) is 5.26. The van der Waals surface area contributed by atoms with Crippen LogP contribution in [-0.2, 0) is 6.54 Å². The van der Waals surface area contributed by atoms with Gasteiger partial charge in [-0.3, -0.25) is 4.79 Å². The lowest BCUT2D eigenvalue weighted by Crippen LogP contribution is -2.23.